The summed E-state index contributed by atoms with van der Waals surface area (Å²) < 4.78 is 0. The number of anilines is 2. The molecule has 3 rings (SSSR count). The number of rotatable bonds is 6. The molecule has 1 heterocycles. The zero-order valence-corrected chi connectivity index (χ0v) is 15.2. The van der Waals surface area contributed by atoms with Crippen molar-refractivity contribution in [3.8, 4) is 0 Å². The van der Waals surface area contributed by atoms with E-state index in [1.165, 1.54) is 5.56 Å². The second-order valence-corrected chi connectivity index (χ2v) is 6.93. The van der Waals surface area contributed by atoms with Crippen molar-refractivity contribution in [2.75, 3.05) is 10.2 Å². The molecule has 3 heteroatoms. The average Bonchev–Trinajstić information content (AvgIpc) is 2.63. The molecule has 1 N–H and O–H groups in total. The first kappa shape index (κ1) is 17.5. The van der Waals surface area contributed by atoms with Crippen molar-refractivity contribution in [1.82, 2.24) is 0 Å². The predicted octanol–water partition coefficient (Wildman–Crippen LogP) is 5.55. The van der Waals surface area contributed by atoms with E-state index in [4.69, 9.17) is 0 Å². The molecular formula is C22H28N2O. The summed E-state index contributed by atoms with van der Waals surface area (Å²) in [5.41, 5.74) is 3.40. The van der Waals surface area contributed by atoms with E-state index in [0.29, 0.717) is 6.42 Å². The van der Waals surface area contributed by atoms with Gasteiger partial charge in [0.05, 0.1) is 6.04 Å². The summed E-state index contributed by atoms with van der Waals surface area (Å²) in [5.74, 6) is 0.256. The van der Waals surface area contributed by atoms with Gasteiger partial charge in [-0.1, -0.05) is 56.2 Å². The van der Waals surface area contributed by atoms with E-state index in [-0.39, 0.29) is 18.0 Å². The summed E-state index contributed by atoms with van der Waals surface area (Å²) >= 11 is 0. The first-order valence-corrected chi connectivity index (χ1v) is 9.43. The topological polar surface area (TPSA) is 32.3 Å². The minimum absolute atomic E-state index is 0.199. The number of para-hydroxylation sites is 2. The van der Waals surface area contributed by atoms with Crippen molar-refractivity contribution < 1.29 is 4.79 Å². The molecule has 0 aliphatic carbocycles. The molecule has 0 bridgehead atoms. The third-order valence-electron chi connectivity index (χ3n) is 4.97. The van der Waals surface area contributed by atoms with E-state index < -0.39 is 0 Å². The summed E-state index contributed by atoms with van der Waals surface area (Å²) in [4.78, 5) is 14.8. The fourth-order valence-corrected chi connectivity index (χ4v) is 3.71. The summed E-state index contributed by atoms with van der Waals surface area (Å²) in [6, 6.07) is 19.1. The number of benzene rings is 2. The van der Waals surface area contributed by atoms with Crippen molar-refractivity contribution in [2.45, 2.75) is 58.0 Å². The Morgan fingerprint density at radius 2 is 1.80 bits per heavy atom. The van der Waals surface area contributed by atoms with Crippen molar-refractivity contribution in [2.24, 2.45) is 0 Å². The standard InChI is InChI=1S/C22H28N2O/c1-3-4-6-15-22(25)24-17(2)16-20(19-13-9-10-14-21(19)24)23-18-11-7-5-8-12-18/h5,7-14,17,20,23H,3-4,6,15-16H2,1-2H3/t17-,20+/m0/s1. The maximum atomic E-state index is 12.8. The van der Waals surface area contributed by atoms with E-state index in [2.05, 4.69) is 49.5 Å². The van der Waals surface area contributed by atoms with Crippen molar-refractivity contribution in [1.29, 1.82) is 0 Å². The first-order valence-electron chi connectivity index (χ1n) is 9.43. The lowest BCUT2D eigenvalue weighted by atomic mass is 9.91. The van der Waals surface area contributed by atoms with Gasteiger partial charge in [0, 0.05) is 23.8 Å². The smallest absolute Gasteiger partial charge is 0.227 e. The number of hydrogen-bond donors (Lipinski definition) is 1. The maximum Gasteiger partial charge on any atom is 0.227 e. The van der Waals surface area contributed by atoms with Gasteiger partial charge in [0.2, 0.25) is 5.91 Å². The molecular weight excluding hydrogens is 308 g/mol. The van der Waals surface area contributed by atoms with E-state index in [9.17, 15) is 4.79 Å². The zero-order chi connectivity index (χ0) is 17.6. The van der Waals surface area contributed by atoms with Gasteiger partial charge in [-0.2, -0.15) is 0 Å². The van der Waals surface area contributed by atoms with Gasteiger partial charge in [0.15, 0.2) is 0 Å². The number of amides is 1. The minimum Gasteiger partial charge on any atom is -0.378 e. The Balaban J connectivity index is 1.83. The van der Waals surface area contributed by atoms with Gasteiger partial charge in [-0.15, -0.1) is 0 Å². The highest BCUT2D eigenvalue weighted by atomic mass is 16.2. The Morgan fingerprint density at radius 3 is 2.56 bits per heavy atom. The van der Waals surface area contributed by atoms with Gasteiger partial charge in [0.1, 0.15) is 0 Å². The van der Waals surface area contributed by atoms with E-state index in [1.807, 2.05) is 29.2 Å². The maximum absolute atomic E-state index is 12.8. The lowest BCUT2D eigenvalue weighted by Gasteiger charge is -2.40. The lowest BCUT2D eigenvalue weighted by Crippen LogP contribution is -2.44. The normalized spacial score (nSPS) is 19.4. The molecule has 3 nitrogen and oxygen atoms in total. The molecule has 0 saturated heterocycles. The lowest BCUT2D eigenvalue weighted by molar-refractivity contribution is -0.119. The van der Waals surface area contributed by atoms with Crippen molar-refractivity contribution in [3.63, 3.8) is 0 Å². The number of unbranched alkanes of at least 4 members (excludes halogenated alkanes) is 2. The third kappa shape index (κ3) is 4.04. The minimum atomic E-state index is 0.199. The van der Waals surface area contributed by atoms with E-state index in [0.717, 1.165) is 37.1 Å². The third-order valence-corrected chi connectivity index (χ3v) is 4.97. The Labute approximate surface area is 151 Å². The molecule has 1 aliphatic heterocycles. The summed E-state index contributed by atoms with van der Waals surface area (Å²) in [7, 11) is 0. The number of nitrogens with one attached hydrogen (secondary N) is 1. The molecule has 0 aromatic heterocycles. The summed E-state index contributed by atoms with van der Waals surface area (Å²) in [5, 5.41) is 3.64. The van der Waals surface area contributed by atoms with Gasteiger partial charge >= 0.3 is 0 Å². The molecule has 0 fully saturated rings. The highest BCUT2D eigenvalue weighted by Gasteiger charge is 2.33. The fraction of sp³-hybridized carbons (Fsp3) is 0.409. The van der Waals surface area contributed by atoms with Gasteiger partial charge in [-0.05, 0) is 43.5 Å². The van der Waals surface area contributed by atoms with Crippen LogP contribution in [-0.4, -0.2) is 11.9 Å². The number of nitrogens with zero attached hydrogens (tertiary/aromatic N) is 1. The molecule has 1 aliphatic rings. The Bertz CT molecular complexity index is 698. The summed E-state index contributed by atoms with van der Waals surface area (Å²) in [6.07, 6.45) is 4.80. The van der Waals surface area contributed by atoms with Gasteiger partial charge in [0.25, 0.3) is 0 Å². The van der Waals surface area contributed by atoms with Gasteiger partial charge in [-0.3, -0.25) is 4.79 Å². The quantitative estimate of drug-likeness (QED) is 0.702. The van der Waals surface area contributed by atoms with Crippen LogP contribution in [0.15, 0.2) is 54.6 Å². The average molecular weight is 336 g/mol. The summed E-state index contributed by atoms with van der Waals surface area (Å²) in [6.45, 7) is 4.33. The molecule has 0 spiro atoms. The van der Waals surface area contributed by atoms with Crippen molar-refractivity contribution in [3.05, 3.63) is 60.2 Å². The van der Waals surface area contributed by atoms with Crippen LogP contribution in [0.4, 0.5) is 11.4 Å². The van der Waals surface area contributed by atoms with E-state index >= 15 is 0 Å². The van der Waals surface area contributed by atoms with E-state index in [1.54, 1.807) is 0 Å². The second kappa shape index (κ2) is 8.19. The number of hydrogen-bond acceptors (Lipinski definition) is 2. The molecule has 2 atom stereocenters. The SMILES string of the molecule is CCCCCC(=O)N1c2ccccc2[C@H](Nc2ccccc2)C[C@@H]1C. The fourth-order valence-electron chi connectivity index (χ4n) is 3.71. The molecule has 2 aromatic rings. The monoisotopic (exact) mass is 336 g/mol. The first-order chi connectivity index (χ1) is 12.2. The molecule has 2 aromatic carbocycles. The molecule has 0 radical (unpaired) electrons. The van der Waals surface area contributed by atoms with Crippen LogP contribution >= 0.6 is 0 Å². The Hall–Kier alpha value is -2.29. The van der Waals surface area contributed by atoms with Crippen LogP contribution in [0.3, 0.4) is 0 Å². The largest absolute Gasteiger partial charge is 0.378 e. The van der Waals surface area contributed by atoms with Gasteiger partial charge in [-0.25, -0.2) is 0 Å². The number of carbonyl (C=O) groups excluding carboxylic acids is 1. The van der Waals surface area contributed by atoms with Crippen LogP contribution < -0.4 is 10.2 Å². The number of fused-ring (bicyclic) bond motifs is 1. The molecule has 0 saturated carbocycles. The molecule has 132 valence electrons. The van der Waals surface area contributed by atoms with Crippen LogP contribution in [0.2, 0.25) is 0 Å². The van der Waals surface area contributed by atoms with Crippen LogP contribution in [0.5, 0.6) is 0 Å². The molecule has 25 heavy (non-hydrogen) atoms. The van der Waals surface area contributed by atoms with Crippen LogP contribution in [0.25, 0.3) is 0 Å². The Kier molecular flexibility index (Phi) is 5.75. The van der Waals surface area contributed by atoms with Crippen molar-refractivity contribution >= 4 is 17.3 Å². The second-order valence-electron chi connectivity index (χ2n) is 6.93. The Morgan fingerprint density at radius 1 is 1.08 bits per heavy atom. The van der Waals surface area contributed by atoms with Gasteiger partial charge < -0.3 is 10.2 Å². The van der Waals surface area contributed by atoms with Crippen LogP contribution in [0, 0.1) is 0 Å². The van der Waals surface area contributed by atoms with Crippen LogP contribution in [-0.2, 0) is 4.79 Å². The molecule has 0 unspecified atom stereocenters. The van der Waals surface area contributed by atoms with Crippen LogP contribution in [0.1, 0.15) is 57.6 Å². The molecule has 1 amide bonds. The number of carbonyl (C=O) groups is 1. The highest BCUT2D eigenvalue weighted by molar-refractivity contribution is 5.95. The highest BCUT2D eigenvalue weighted by Crippen LogP contribution is 2.39. The zero-order valence-electron chi connectivity index (χ0n) is 15.2. The predicted molar refractivity (Wildman–Crippen MR) is 105 cm³/mol.